The van der Waals surface area contributed by atoms with E-state index in [-0.39, 0.29) is 11.6 Å². The number of benzene rings is 2. The van der Waals surface area contributed by atoms with E-state index in [0.29, 0.717) is 41.9 Å². The minimum absolute atomic E-state index is 0.0353. The van der Waals surface area contributed by atoms with Gasteiger partial charge in [0, 0.05) is 47.4 Å². The molecule has 146 valence electrons. The largest absolute Gasteiger partial charge is 0.367 e. The fraction of sp³-hybridized carbons (Fsp3) is 0.222. The third-order valence-electron chi connectivity index (χ3n) is 4.36. The van der Waals surface area contributed by atoms with E-state index in [2.05, 4.69) is 27.9 Å². The summed E-state index contributed by atoms with van der Waals surface area (Å²) in [6, 6.07) is 11.7. The Morgan fingerprint density at radius 3 is 2.50 bits per heavy atom. The van der Waals surface area contributed by atoms with Crippen LogP contribution in [0.15, 0.2) is 42.5 Å². The van der Waals surface area contributed by atoms with E-state index in [4.69, 9.17) is 23.8 Å². The molecule has 1 fully saturated rings. The van der Waals surface area contributed by atoms with Crippen molar-refractivity contribution >= 4 is 68.8 Å². The van der Waals surface area contributed by atoms with Crippen LogP contribution in [0, 0.1) is 13.7 Å². The first-order valence-electron chi connectivity index (χ1n) is 8.40. The molecule has 0 radical (unpaired) electrons. The SMILES string of the molecule is O=C(NC(=S)N1CCN(c2ccc([N+](=O)[O-])cc2Cl)CC1)c1cccc(I)c1. The summed E-state index contributed by atoms with van der Waals surface area (Å²) < 4.78 is 0.977. The fourth-order valence-corrected chi connectivity index (χ4v) is 4.01. The van der Waals surface area contributed by atoms with Gasteiger partial charge < -0.3 is 9.80 Å². The monoisotopic (exact) mass is 530 g/mol. The third kappa shape index (κ3) is 4.89. The van der Waals surface area contributed by atoms with Crippen LogP contribution in [0.1, 0.15) is 10.4 Å². The van der Waals surface area contributed by atoms with Crippen LogP contribution in [0.5, 0.6) is 0 Å². The predicted octanol–water partition coefficient (Wildman–Crippen LogP) is 3.69. The van der Waals surface area contributed by atoms with Gasteiger partial charge in [-0.15, -0.1) is 0 Å². The van der Waals surface area contributed by atoms with Crippen LogP contribution in [-0.4, -0.2) is 47.0 Å². The Kier molecular flexibility index (Phi) is 6.68. The zero-order chi connectivity index (χ0) is 20.3. The lowest BCUT2D eigenvalue weighted by Gasteiger charge is -2.37. The third-order valence-corrected chi connectivity index (χ3v) is 5.69. The Morgan fingerprint density at radius 1 is 1.18 bits per heavy atom. The Hall–Kier alpha value is -1.98. The van der Waals surface area contributed by atoms with Crippen molar-refractivity contribution in [2.24, 2.45) is 0 Å². The van der Waals surface area contributed by atoms with Crippen molar-refractivity contribution in [3.63, 3.8) is 0 Å². The standard InChI is InChI=1S/C18H16ClIN4O3S/c19-15-11-14(24(26)27)4-5-16(15)22-6-8-23(9-7-22)18(28)21-17(25)12-2-1-3-13(20)10-12/h1-5,10-11H,6-9H2,(H,21,25,28). The van der Waals surface area contributed by atoms with E-state index < -0.39 is 4.92 Å². The Balaban J connectivity index is 1.58. The summed E-state index contributed by atoms with van der Waals surface area (Å²) in [5, 5.41) is 14.4. The molecule has 1 aliphatic heterocycles. The predicted molar refractivity (Wildman–Crippen MR) is 121 cm³/mol. The summed E-state index contributed by atoms with van der Waals surface area (Å²) in [5.74, 6) is -0.232. The van der Waals surface area contributed by atoms with Gasteiger partial charge in [0.15, 0.2) is 5.11 Å². The number of amides is 1. The zero-order valence-corrected chi connectivity index (χ0v) is 18.3. The minimum atomic E-state index is -0.470. The van der Waals surface area contributed by atoms with Crippen LogP contribution in [0.2, 0.25) is 5.02 Å². The van der Waals surface area contributed by atoms with Gasteiger partial charge in [0.1, 0.15) is 0 Å². The molecule has 0 aliphatic carbocycles. The molecule has 10 heteroatoms. The number of nitro benzene ring substituents is 1. The van der Waals surface area contributed by atoms with Gasteiger partial charge in [-0.2, -0.15) is 0 Å². The molecular formula is C18H16ClIN4O3S. The molecule has 0 atom stereocenters. The van der Waals surface area contributed by atoms with Crippen LogP contribution >= 0.6 is 46.4 Å². The minimum Gasteiger partial charge on any atom is -0.367 e. The van der Waals surface area contributed by atoms with Crippen molar-refractivity contribution in [3.05, 3.63) is 66.7 Å². The van der Waals surface area contributed by atoms with E-state index in [9.17, 15) is 14.9 Å². The molecule has 0 spiro atoms. The highest BCUT2D eigenvalue weighted by atomic mass is 127. The van der Waals surface area contributed by atoms with Gasteiger partial charge >= 0.3 is 0 Å². The summed E-state index contributed by atoms with van der Waals surface area (Å²) in [6.07, 6.45) is 0. The average Bonchev–Trinajstić information content (AvgIpc) is 2.68. The van der Waals surface area contributed by atoms with E-state index in [1.54, 1.807) is 18.2 Å². The molecule has 2 aromatic rings. The smallest absolute Gasteiger partial charge is 0.271 e. The summed E-state index contributed by atoms with van der Waals surface area (Å²) in [4.78, 5) is 26.7. The Labute approximate surface area is 185 Å². The lowest BCUT2D eigenvalue weighted by molar-refractivity contribution is -0.384. The molecule has 28 heavy (non-hydrogen) atoms. The number of hydrogen-bond acceptors (Lipinski definition) is 5. The van der Waals surface area contributed by atoms with Crippen LogP contribution in [0.4, 0.5) is 11.4 Å². The summed E-state index contributed by atoms with van der Waals surface area (Å²) >= 11 is 13.7. The molecular weight excluding hydrogens is 515 g/mol. The van der Waals surface area contributed by atoms with Crippen molar-refractivity contribution in [2.75, 3.05) is 31.1 Å². The van der Waals surface area contributed by atoms with Crippen molar-refractivity contribution in [1.82, 2.24) is 10.2 Å². The molecule has 0 aromatic heterocycles. The number of halogens is 2. The van der Waals surface area contributed by atoms with Gasteiger partial charge in [-0.05, 0) is 59.1 Å². The highest BCUT2D eigenvalue weighted by Gasteiger charge is 2.23. The lowest BCUT2D eigenvalue weighted by Crippen LogP contribution is -2.52. The number of carbonyl (C=O) groups is 1. The van der Waals surface area contributed by atoms with Crippen LogP contribution in [-0.2, 0) is 0 Å². The molecule has 1 heterocycles. The second kappa shape index (κ2) is 9.01. The van der Waals surface area contributed by atoms with Gasteiger partial charge in [0.2, 0.25) is 0 Å². The van der Waals surface area contributed by atoms with Gasteiger partial charge in [-0.1, -0.05) is 17.7 Å². The summed E-state index contributed by atoms with van der Waals surface area (Å²) in [5.41, 5.74) is 1.28. The summed E-state index contributed by atoms with van der Waals surface area (Å²) in [6.45, 7) is 2.49. The maximum atomic E-state index is 12.4. The molecule has 0 bridgehead atoms. The van der Waals surface area contributed by atoms with Crippen LogP contribution in [0.25, 0.3) is 0 Å². The van der Waals surface area contributed by atoms with Crippen molar-refractivity contribution in [1.29, 1.82) is 0 Å². The van der Waals surface area contributed by atoms with Gasteiger partial charge in [-0.3, -0.25) is 20.2 Å². The molecule has 1 N–H and O–H groups in total. The second-order valence-corrected chi connectivity index (χ2v) is 8.18. The molecule has 2 aromatic carbocycles. The number of thiocarbonyl (C=S) groups is 1. The normalized spacial score (nSPS) is 13.9. The van der Waals surface area contributed by atoms with Crippen molar-refractivity contribution in [3.8, 4) is 0 Å². The zero-order valence-electron chi connectivity index (χ0n) is 14.6. The first kappa shape index (κ1) is 20.7. The van der Waals surface area contributed by atoms with E-state index >= 15 is 0 Å². The quantitative estimate of drug-likeness (QED) is 0.282. The Bertz CT molecular complexity index is 935. The number of nitrogens with one attached hydrogen (secondary N) is 1. The van der Waals surface area contributed by atoms with Gasteiger partial charge in [-0.25, -0.2) is 0 Å². The number of nitro groups is 1. The molecule has 0 saturated carbocycles. The fourth-order valence-electron chi connectivity index (χ4n) is 2.89. The Morgan fingerprint density at radius 2 is 1.89 bits per heavy atom. The number of anilines is 1. The van der Waals surface area contributed by atoms with E-state index in [1.165, 1.54) is 12.1 Å². The van der Waals surface area contributed by atoms with E-state index in [1.807, 2.05) is 21.9 Å². The molecule has 3 rings (SSSR count). The maximum absolute atomic E-state index is 12.4. The molecule has 0 unspecified atom stereocenters. The first-order chi connectivity index (χ1) is 13.3. The average molecular weight is 531 g/mol. The molecule has 1 aliphatic rings. The van der Waals surface area contributed by atoms with E-state index in [0.717, 1.165) is 9.26 Å². The number of piperazine rings is 1. The summed E-state index contributed by atoms with van der Waals surface area (Å²) in [7, 11) is 0. The number of hydrogen-bond donors (Lipinski definition) is 1. The number of rotatable bonds is 3. The number of carbonyl (C=O) groups excluding carboxylic acids is 1. The van der Waals surface area contributed by atoms with Crippen LogP contribution < -0.4 is 10.2 Å². The topological polar surface area (TPSA) is 78.7 Å². The lowest BCUT2D eigenvalue weighted by atomic mass is 10.2. The first-order valence-corrected chi connectivity index (χ1v) is 10.3. The second-order valence-electron chi connectivity index (χ2n) is 6.14. The number of nitrogens with zero attached hydrogens (tertiary/aromatic N) is 3. The van der Waals surface area contributed by atoms with Crippen LogP contribution in [0.3, 0.4) is 0 Å². The van der Waals surface area contributed by atoms with Crippen molar-refractivity contribution in [2.45, 2.75) is 0 Å². The van der Waals surface area contributed by atoms with Gasteiger partial charge in [0.05, 0.1) is 15.6 Å². The van der Waals surface area contributed by atoms with Crippen molar-refractivity contribution < 1.29 is 9.72 Å². The molecule has 7 nitrogen and oxygen atoms in total. The highest BCUT2D eigenvalue weighted by molar-refractivity contribution is 14.1. The highest BCUT2D eigenvalue weighted by Crippen LogP contribution is 2.30. The maximum Gasteiger partial charge on any atom is 0.271 e. The molecule has 1 saturated heterocycles. The number of non-ortho nitro benzene ring substituents is 1. The van der Waals surface area contributed by atoms with Gasteiger partial charge in [0.25, 0.3) is 11.6 Å². The molecule has 1 amide bonds.